The molecule has 0 bridgehead atoms. The molecule has 0 radical (unpaired) electrons. The molecule has 2 aromatic carbocycles. The Morgan fingerprint density at radius 3 is 2.65 bits per heavy atom. The van der Waals surface area contributed by atoms with Gasteiger partial charge < -0.3 is 10.6 Å². The van der Waals surface area contributed by atoms with Crippen molar-refractivity contribution in [1.82, 2.24) is 20.1 Å². The van der Waals surface area contributed by atoms with Gasteiger partial charge in [-0.15, -0.1) is 0 Å². The molecule has 0 spiro atoms. The summed E-state index contributed by atoms with van der Waals surface area (Å²) in [4.78, 5) is 15.8. The third-order valence-corrected chi connectivity index (χ3v) is 5.06. The molecule has 2 heterocycles. The number of anilines is 1. The van der Waals surface area contributed by atoms with E-state index in [9.17, 15) is 4.79 Å². The Kier molecular flexibility index (Phi) is 6.38. The Bertz CT molecular complexity index is 1140. The molecular weight excluding hydrogens is 386 g/mol. The monoisotopic (exact) mass is 411 g/mol. The van der Waals surface area contributed by atoms with Gasteiger partial charge in [-0.2, -0.15) is 5.10 Å². The molecule has 0 aliphatic rings. The van der Waals surface area contributed by atoms with Crippen LogP contribution >= 0.6 is 0 Å². The first kappa shape index (κ1) is 20.3. The van der Waals surface area contributed by atoms with Gasteiger partial charge in [-0.25, -0.2) is 0 Å². The Hall–Kier alpha value is -3.93. The van der Waals surface area contributed by atoms with E-state index in [-0.39, 0.29) is 5.91 Å². The molecule has 0 saturated carbocycles. The lowest BCUT2D eigenvalue weighted by Crippen LogP contribution is -2.20. The fraction of sp³-hybridized carbons (Fsp3) is 0.160. The van der Waals surface area contributed by atoms with Crippen LogP contribution in [0, 0.1) is 0 Å². The summed E-state index contributed by atoms with van der Waals surface area (Å²) >= 11 is 0. The van der Waals surface area contributed by atoms with E-state index in [0.29, 0.717) is 19.5 Å². The smallest absolute Gasteiger partial charge is 0.221 e. The summed E-state index contributed by atoms with van der Waals surface area (Å²) in [7, 11) is 1.65. The molecule has 6 heteroatoms. The molecule has 0 saturated heterocycles. The van der Waals surface area contributed by atoms with Crippen LogP contribution in [-0.4, -0.2) is 34.3 Å². The molecule has 0 aliphatic carbocycles. The average molecular weight is 412 g/mol. The summed E-state index contributed by atoms with van der Waals surface area (Å²) in [5, 5.41) is 10.8. The quantitative estimate of drug-likeness (QED) is 0.456. The van der Waals surface area contributed by atoms with Crippen LogP contribution in [-0.2, 0) is 11.3 Å². The zero-order valence-corrected chi connectivity index (χ0v) is 17.5. The molecular formula is C25H25N5O. The van der Waals surface area contributed by atoms with E-state index in [1.54, 1.807) is 13.2 Å². The lowest BCUT2D eigenvalue weighted by molar-refractivity contribution is -0.120. The first-order valence-electron chi connectivity index (χ1n) is 10.3. The normalized spacial score (nSPS) is 10.6. The second-order valence-electron chi connectivity index (χ2n) is 7.24. The molecule has 6 nitrogen and oxygen atoms in total. The van der Waals surface area contributed by atoms with E-state index >= 15 is 0 Å². The molecule has 2 N–H and O–H groups in total. The number of aromatic nitrogens is 3. The van der Waals surface area contributed by atoms with Crippen molar-refractivity contribution < 1.29 is 4.79 Å². The van der Waals surface area contributed by atoms with Gasteiger partial charge in [-0.3, -0.25) is 14.5 Å². The van der Waals surface area contributed by atoms with Crippen molar-refractivity contribution in [2.45, 2.75) is 13.0 Å². The molecule has 31 heavy (non-hydrogen) atoms. The van der Waals surface area contributed by atoms with Crippen LogP contribution in [0.15, 0.2) is 85.3 Å². The van der Waals surface area contributed by atoms with Crippen molar-refractivity contribution >= 4 is 11.6 Å². The van der Waals surface area contributed by atoms with Crippen molar-refractivity contribution in [2.24, 2.45) is 0 Å². The molecule has 0 fully saturated rings. The Morgan fingerprint density at radius 1 is 1.00 bits per heavy atom. The lowest BCUT2D eigenvalue weighted by atomic mass is 10.00. The number of amides is 1. The molecule has 1 amide bonds. The van der Waals surface area contributed by atoms with Gasteiger partial charge in [0.15, 0.2) is 0 Å². The molecule has 0 atom stereocenters. The van der Waals surface area contributed by atoms with Crippen molar-refractivity contribution in [3.8, 4) is 22.4 Å². The Morgan fingerprint density at radius 2 is 1.87 bits per heavy atom. The van der Waals surface area contributed by atoms with Crippen LogP contribution in [0.1, 0.15) is 12.0 Å². The predicted octanol–water partition coefficient (Wildman–Crippen LogP) is 4.21. The van der Waals surface area contributed by atoms with Gasteiger partial charge in [0.2, 0.25) is 5.91 Å². The van der Waals surface area contributed by atoms with E-state index in [1.807, 2.05) is 53.5 Å². The second kappa shape index (κ2) is 9.71. The van der Waals surface area contributed by atoms with Gasteiger partial charge in [0.05, 0.1) is 12.2 Å². The van der Waals surface area contributed by atoms with Crippen LogP contribution in [0.4, 0.5) is 5.69 Å². The highest BCUT2D eigenvalue weighted by Gasteiger charge is 2.11. The molecule has 0 aliphatic heterocycles. The highest BCUT2D eigenvalue weighted by Crippen LogP contribution is 2.32. The maximum Gasteiger partial charge on any atom is 0.221 e. The molecule has 4 rings (SSSR count). The van der Waals surface area contributed by atoms with Crippen LogP contribution in [0.2, 0.25) is 0 Å². The van der Waals surface area contributed by atoms with Crippen molar-refractivity contribution in [3.63, 3.8) is 0 Å². The van der Waals surface area contributed by atoms with Gasteiger partial charge in [-0.1, -0.05) is 42.5 Å². The first-order valence-corrected chi connectivity index (χ1v) is 10.3. The minimum atomic E-state index is 0.00991. The molecule has 156 valence electrons. The predicted molar refractivity (Wildman–Crippen MR) is 124 cm³/mol. The second-order valence-corrected chi connectivity index (χ2v) is 7.24. The van der Waals surface area contributed by atoms with Crippen LogP contribution in [0.25, 0.3) is 22.4 Å². The molecule has 2 aromatic heterocycles. The van der Waals surface area contributed by atoms with Gasteiger partial charge in [0.1, 0.15) is 0 Å². The summed E-state index contributed by atoms with van der Waals surface area (Å²) in [5.74, 6) is 0.00991. The van der Waals surface area contributed by atoms with E-state index in [1.165, 1.54) is 0 Å². The van der Waals surface area contributed by atoms with Crippen molar-refractivity contribution in [3.05, 3.63) is 90.9 Å². The fourth-order valence-corrected chi connectivity index (χ4v) is 3.43. The van der Waals surface area contributed by atoms with E-state index in [2.05, 4.69) is 45.9 Å². The summed E-state index contributed by atoms with van der Waals surface area (Å²) < 4.78 is 1.91. The Balaban J connectivity index is 1.63. The summed E-state index contributed by atoms with van der Waals surface area (Å²) in [5.41, 5.74) is 6.20. The maximum atomic E-state index is 11.6. The van der Waals surface area contributed by atoms with E-state index in [4.69, 9.17) is 5.10 Å². The summed E-state index contributed by atoms with van der Waals surface area (Å²) in [6, 6.07) is 22.6. The number of benzene rings is 2. The molecule has 0 unspecified atom stereocenters. The van der Waals surface area contributed by atoms with Crippen LogP contribution in [0.5, 0.6) is 0 Å². The molecule has 4 aromatic rings. The number of pyridine rings is 1. The number of nitrogens with one attached hydrogen (secondary N) is 2. The zero-order chi connectivity index (χ0) is 21.5. The zero-order valence-electron chi connectivity index (χ0n) is 17.5. The highest BCUT2D eigenvalue weighted by molar-refractivity contribution is 5.82. The fourth-order valence-electron chi connectivity index (χ4n) is 3.43. The van der Waals surface area contributed by atoms with Crippen LogP contribution in [0.3, 0.4) is 0 Å². The van der Waals surface area contributed by atoms with Gasteiger partial charge in [0, 0.05) is 49.9 Å². The van der Waals surface area contributed by atoms with Gasteiger partial charge in [-0.05, 0) is 41.0 Å². The minimum absolute atomic E-state index is 0.00991. The van der Waals surface area contributed by atoms with E-state index < -0.39 is 0 Å². The number of carbonyl (C=O) groups excluding carboxylic acids is 1. The SMILES string of the molecule is CNC(=O)CCNc1ccc(-c2ccccc2)cc1-c1ccn(Cc2cccnc2)n1. The number of hydrogen-bond acceptors (Lipinski definition) is 4. The third kappa shape index (κ3) is 5.17. The standard InChI is InChI=1S/C25H25N5O/c1-26-25(31)11-14-28-23-10-9-21(20-7-3-2-4-8-20)16-22(23)24-12-15-30(29-24)18-19-6-5-13-27-17-19/h2-10,12-13,15-17,28H,11,14,18H2,1H3,(H,26,31). The van der Waals surface area contributed by atoms with Crippen molar-refractivity contribution in [2.75, 3.05) is 18.9 Å². The summed E-state index contributed by atoms with van der Waals surface area (Å²) in [6.45, 7) is 1.21. The summed E-state index contributed by atoms with van der Waals surface area (Å²) in [6.07, 6.45) is 6.00. The first-order chi connectivity index (χ1) is 15.2. The number of carbonyl (C=O) groups is 1. The topological polar surface area (TPSA) is 71.8 Å². The van der Waals surface area contributed by atoms with Gasteiger partial charge >= 0.3 is 0 Å². The average Bonchev–Trinajstić information content (AvgIpc) is 3.28. The number of rotatable bonds is 8. The maximum absolute atomic E-state index is 11.6. The third-order valence-electron chi connectivity index (χ3n) is 5.06. The number of hydrogen-bond donors (Lipinski definition) is 2. The van der Waals surface area contributed by atoms with E-state index in [0.717, 1.165) is 33.6 Å². The number of nitrogens with zero attached hydrogens (tertiary/aromatic N) is 3. The van der Waals surface area contributed by atoms with Crippen LogP contribution < -0.4 is 10.6 Å². The highest BCUT2D eigenvalue weighted by atomic mass is 16.1. The largest absolute Gasteiger partial charge is 0.384 e. The lowest BCUT2D eigenvalue weighted by Gasteiger charge is -2.13. The van der Waals surface area contributed by atoms with Crippen molar-refractivity contribution in [1.29, 1.82) is 0 Å². The van der Waals surface area contributed by atoms with Gasteiger partial charge in [0.25, 0.3) is 0 Å². The minimum Gasteiger partial charge on any atom is -0.384 e. The Labute approximate surface area is 182 Å².